The zero-order valence-corrected chi connectivity index (χ0v) is 10.7. The van der Waals surface area contributed by atoms with Gasteiger partial charge in [-0.3, -0.25) is 4.90 Å². The maximum atomic E-state index is 5.79. The van der Waals surface area contributed by atoms with Gasteiger partial charge < -0.3 is 10.5 Å². The largest absolute Gasteiger partial charge is 0.380 e. The second-order valence-electron chi connectivity index (χ2n) is 3.75. The van der Waals surface area contributed by atoms with Crippen LogP contribution in [0, 0.1) is 0 Å². The van der Waals surface area contributed by atoms with Crippen LogP contribution in [0.15, 0.2) is 0 Å². The number of thioether (sulfide) groups is 1. The smallest absolute Gasteiger partial charge is 0.0659 e. The number of rotatable bonds is 8. The van der Waals surface area contributed by atoms with Gasteiger partial charge in [-0.1, -0.05) is 0 Å². The van der Waals surface area contributed by atoms with Crippen LogP contribution in [0.5, 0.6) is 0 Å². The SMILES string of the molecule is CCOCC(C)(CN)N(C)CCSC. The Labute approximate surface area is 92.4 Å². The summed E-state index contributed by atoms with van der Waals surface area (Å²) >= 11 is 1.86. The number of hydrogen-bond donors (Lipinski definition) is 1. The van der Waals surface area contributed by atoms with Crippen LogP contribution in [-0.4, -0.2) is 55.8 Å². The first-order valence-corrected chi connectivity index (χ1v) is 6.48. The van der Waals surface area contributed by atoms with Crippen molar-refractivity contribution in [2.45, 2.75) is 19.4 Å². The topological polar surface area (TPSA) is 38.5 Å². The molecule has 0 aromatic rings. The van der Waals surface area contributed by atoms with E-state index >= 15 is 0 Å². The van der Waals surface area contributed by atoms with Crippen molar-refractivity contribution in [2.24, 2.45) is 5.73 Å². The van der Waals surface area contributed by atoms with Crippen molar-refractivity contribution in [1.29, 1.82) is 0 Å². The zero-order valence-electron chi connectivity index (χ0n) is 9.88. The van der Waals surface area contributed by atoms with Gasteiger partial charge >= 0.3 is 0 Å². The molecule has 0 fully saturated rings. The second kappa shape index (κ2) is 7.51. The molecule has 0 saturated carbocycles. The summed E-state index contributed by atoms with van der Waals surface area (Å²) < 4.78 is 5.46. The van der Waals surface area contributed by atoms with Gasteiger partial charge in [0.1, 0.15) is 0 Å². The van der Waals surface area contributed by atoms with Crippen molar-refractivity contribution < 1.29 is 4.74 Å². The van der Waals surface area contributed by atoms with Gasteiger partial charge in [-0.25, -0.2) is 0 Å². The molecule has 0 amide bonds. The molecule has 14 heavy (non-hydrogen) atoms. The van der Waals surface area contributed by atoms with Crippen LogP contribution in [0.3, 0.4) is 0 Å². The highest BCUT2D eigenvalue weighted by Crippen LogP contribution is 2.12. The average molecular weight is 220 g/mol. The van der Waals surface area contributed by atoms with E-state index in [1.165, 1.54) is 0 Å². The van der Waals surface area contributed by atoms with Crippen LogP contribution < -0.4 is 5.73 Å². The molecule has 4 heteroatoms. The zero-order chi connectivity index (χ0) is 11.0. The molecule has 3 nitrogen and oxygen atoms in total. The van der Waals surface area contributed by atoms with Gasteiger partial charge in [0.25, 0.3) is 0 Å². The predicted molar refractivity (Wildman–Crippen MR) is 65.0 cm³/mol. The molecule has 0 heterocycles. The van der Waals surface area contributed by atoms with Crippen LogP contribution in [0.2, 0.25) is 0 Å². The van der Waals surface area contributed by atoms with Crippen LogP contribution in [0.1, 0.15) is 13.8 Å². The van der Waals surface area contributed by atoms with E-state index < -0.39 is 0 Å². The molecule has 0 saturated heterocycles. The van der Waals surface area contributed by atoms with Crippen molar-refractivity contribution in [1.82, 2.24) is 4.90 Å². The third-order valence-electron chi connectivity index (χ3n) is 2.61. The third-order valence-corrected chi connectivity index (χ3v) is 3.20. The summed E-state index contributed by atoms with van der Waals surface area (Å²) in [5.74, 6) is 1.14. The minimum atomic E-state index is -0.0221. The quantitative estimate of drug-likeness (QED) is 0.663. The van der Waals surface area contributed by atoms with E-state index in [9.17, 15) is 0 Å². The van der Waals surface area contributed by atoms with Gasteiger partial charge in [0.2, 0.25) is 0 Å². The van der Waals surface area contributed by atoms with E-state index in [-0.39, 0.29) is 5.54 Å². The van der Waals surface area contributed by atoms with Gasteiger partial charge in [0.05, 0.1) is 12.1 Å². The minimum absolute atomic E-state index is 0.0221. The number of ether oxygens (including phenoxy) is 1. The highest BCUT2D eigenvalue weighted by atomic mass is 32.2. The first-order chi connectivity index (χ1) is 6.60. The minimum Gasteiger partial charge on any atom is -0.380 e. The number of nitrogens with zero attached hydrogens (tertiary/aromatic N) is 1. The summed E-state index contributed by atoms with van der Waals surface area (Å²) in [7, 11) is 2.11. The van der Waals surface area contributed by atoms with Gasteiger partial charge in [-0.15, -0.1) is 0 Å². The predicted octanol–water partition coefficient (Wildman–Crippen LogP) is 1.04. The molecule has 0 bridgehead atoms. The summed E-state index contributed by atoms with van der Waals surface area (Å²) in [4.78, 5) is 2.29. The van der Waals surface area contributed by atoms with Crippen molar-refractivity contribution in [3.8, 4) is 0 Å². The summed E-state index contributed by atoms with van der Waals surface area (Å²) in [6.07, 6.45) is 2.12. The van der Waals surface area contributed by atoms with E-state index in [1.807, 2.05) is 18.7 Å². The standard InChI is InChI=1S/C10H24N2OS/c1-5-13-9-10(2,8-11)12(3)6-7-14-4/h5-9,11H2,1-4H3. The van der Waals surface area contributed by atoms with E-state index in [0.717, 1.165) is 18.9 Å². The summed E-state index contributed by atoms with van der Waals surface area (Å²) in [5, 5.41) is 0. The fourth-order valence-corrected chi connectivity index (χ4v) is 1.60. The van der Waals surface area contributed by atoms with E-state index in [1.54, 1.807) is 0 Å². The van der Waals surface area contributed by atoms with Gasteiger partial charge in [0, 0.05) is 25.4 Å². The van der Waals surface area contributed by atoms with Crippen LogP contribution in [0.4, 0.5) is 0 Å². The van der Waals surface area contributed by atoms with E-state index in [2.05, 4.69) is 25.1 Å². The van der Waals surface area contributed by atoms with Crippen LogP contribution in [0.25, 0.3) is 0 Å². The first kappa shape index (κ1) is 14.2. The molecule has 0 spiro atoms. The molecule has 0 aliphatic heterocycles. The maximum Gasteiger partial charge on any atom is 0.0659 e. The molecular formula is C10H24N2OS. The lowest BCUT2D eigenvalue weighted by molar-refractivity contribution is 0.0272. The van der Waals surface area contributed by atoms with Crippen LogP contribution >= 0.6 is 11.8 Å². The summed E-state index contributed by atoms with van der Waals surface area (Å²) in [5.41, 5.74) is 5.77. The monoisotopic (exact) mass is 220 g/mol. The lowest BCUT2D eigenvalue weighted by Crippen LogP contribution is -2.53. The van der Waals surface area contributed by atoms with Crippen molar-refractivity contribution >= 4 is 11.8 Å². The lowest BCUT2D eigenvalue weighted by Gasteiger charge is -2.37. The van der Waals surface area contributed by atoms with E-state index in [0.29, 0.717) is 13.2 Å². The van der Waals surface area contributed by atoms with Gasteiger partial charge in [0.15, 0.2) is 0 Å². The van der Waals surface area contributed by atoms with Gasteiger partial charge in [-0.05, 0) is 27.2 Å². The molecule has 86 valence electrons. The third kappa shape index (κ3) is 4.64. The molecule has 1 unspecified atom stereocenters. The fourth-order valence-electron chi connectivity index (χ4n) is 1.15. The summed E-state index contributed by atoms with van der Waals surface area (Å²) in [6, 6.07) is 0. The molecule has 0 radical (unpaired) electrons. The average Bonchev–Trinajstić information content (AvgIpc) is 2.22. The molecule has 0 aromatic carbocycles. The van der Waals surface area contributed by atoms with Gasteiger partial charge in [-0.2, -0.15) is 11.8 Å². The van der Waals surface area contributed by atoms with Crippen LogP contribution in [-0.2, 0) is 4.74 Å². The molecule has 0 aliphatic rings. The number of nitrogens with two attached hydrogens (primary N) is 1. The normalized spacial score (nSPS) is 15.9. The Bertz CT molecular complexity index is 146. The Balaban J connectivity index is 4.05. The fraction of sp³-hybridized carbons (Fsp3) is 1.00. The molecule has 0 rings (SSSR count). The molecule has 1 atom stereocenters. The Morgan fingerprint density at radius 1 is 1.50 bits per heavy atom. The maximum absolute atomic E-state index is 5.79. The highest BCUT2D eigenvalue weighted by Gasteiger charge is 2.27. The van der Waals surface area contributed by atoms with E-state index in [4.69, 9.17) is 10.5 Å². The molecule has 0 aliphatic carbocycles. The lowest BCUT2D eigenvalue weighted by atomic mass is 10.0. The second-order valence-corrected chi connectivity index (χ2v) is 4.74. The number of likely N-dealkylation sites (N-methyl/N-ethyl adjacent to an activating group) is 1. The summed E-state index contributed by atoms with van der Waals surface area (Å²) in [6.45, 7) is 7.33. The Morgan fingerprint density at radius 3 is 2.57 bits per heavy atom. The Morgan fingerprint density at radius 2 is 2.14 bits per heavy atom. The molecule has 2 N–H and O–H groups in total. The molecular weight excluding hydrogens is 196 g/mol. The Kier molecular flexibility index (Phi) is 7.64. The Hall–Kier alpha value is 0.230. The molecule has 0 aromatic heterocycles. The van der Waals surface area contributed by atoms with Crippen molar-refractivity contribution in [3.05, 3.63) is 0 Å². The highest BCUT2D eigenvalue weighted by molar-refractivity contribution is 7.98. The number of hydrogen-bond acceptors (Lipinski definition) is 4. The first-order valence-electron chi connectivity index (χ1n) is 5.08. The van der Waals surface area contributed by atoms with Crippen molar-refractivity contribution in [3.63, 3.8) is 0 Å². The van der Waals surface area contributed by atoms with Crippen molar-refractivity contribution in [2.75, 3.05) is 45.4 Å².